The van der Waals surface area contributed by atoms with Gasteiger partial charge in [-0.2, -0.15) is 0 Å². The van der Waals surface area contributed by atoms with E-state index in [4.69, 9.17) is 9.47 Å². The molecular formula is C21H17N3O4S2. The topological polar surface area (TPSA) is 90.4 Å². The lowest BCUT2D eigenvalue weighted by atomic mass is 10.2. The Morgan fingerprint density at radius 3 is 2.63 bits per heavy atom. The molecule has 0 atom stereocenters. The number of ketones is 1. The number of thiazole rings is 2. The fourth-order valence-corrected chi connectivity index (χ4v) is 4.45. The van der Waals surface area contributed by atoms with Crippen molar-refractivity contribution in [3.63, 3.8) is 0 Å². The molecule has 0 spiro atoms. The minimum Gasteiger partial charge on any atom is -0.493 e. The molecule has 0 fully saturated rings. The van der Waals surface area contributed by atoms with E-state index in [9.17, 15) is 9.59 Å². The van der Waals surface area contributed by atoms with Crippen LogP contribution in [0.4, 0.5) is 5.69 Å². The number of benzene rings is 2. The second-order valence-electron chi connectivity index (χ2n) is 6.29. The molecule has 0 bridgehead atoms. The Balaban J connectivity index is 1.51. The van der Waals surface area contributed by atoms with Crippen LogP contribution < -0.4 is 14.8 Å². The molecule has 1 N–H and O–H groups in total. The lowest BCUT2D eigenvalue weighted by Crippen LogP contribution is -2.12. The predicted molar refractivity (Wildman–Crippen MR) is 117 cm³/mol. The Morgan fingerprint density at radius 1 is 1.07 bits per heavy atom. The quantitative estimate of drug-likeness (QED) is 0.428. The Morgan fingerprint density at radius 2 is 1.90 bits per heavy atom. The second-order valence-corrected chi connectivity index (χ2v) is 8.12. The second kappa shape index (κ2) is 8.60. The average molecular weight is 440 g/mol. The van der Waals surface area contributed by atoms with E-state index in [0.29, 0.717) is 33.5 Å². The normalized spacial score (nSPS) is 10.7. The van der Waals surface area contributed by atoms with Crippen molar-refractivity contribution in [2.24, 2.45) is 0 Å². The zero-order valence-corrected chi connectivity index (χ0v) is 17.8. The maximum absolute atomic E-state index is 12.6. The fourth-order valence-electron chi connectivity index (χ4n) is 2.88. The molecule has 0 aliphatic carbocycles. The number of hydrogen-bond acceptors (Lipinski definition) is 8. The number of rotatable bonds is 7. The van der Waals surface area contributed by atoms with E-state index < -0.39 is 0 Å². The minimum absolute atomic E-state index is 0.0581. The minimum atomic E-state index is -0.265. The van der Waals surface area contributed by atoms with Gasteiger partial charge < -0.3 is 14.8 Å². The summed E-state index contributed by atoms with van der Waals surface area (Å²) in [5, 5.41) is 5.33. The average Bonchev–Trinajstić information content (AvgIpc) is 3.42. The Bertz CT molecular complexity index is 1220. The van der Waals surface area contributed by atoms with E-state index in [1.807, 2.05) is 12.1 Å². The van der Waals surface area contributed by atoms with Crippen LogP contribution in [0, 0.1) is 0 Å². The number of anilines is 1. The zero-order chi connectivity index (χ0) is 21.1. The summed E-state index contributed by atoms with van der Waals surface area (Å²) in [6, 6.07) is 10.4. The third-order valence-corrected chi connectivity index (χ3v) is 5.97. The monoisotopic (exact) mass is 439 g/mol. The molecule has 0 aliphatic rings. The van der Waals surface area contributed by atoms with Gasteiger partial charge in [-0.1, -0.05) is 0 Å². The first-order chi connectivity index (χ1) is 14.6. The van der Waals surface area contributed by atoms with E-state index in [1.165, 1.54) is 29.8 Å². The van der Waals surface area contributed by atoms with Crippen LogP contribution in [0.2, 0.25) is 0 Å². The summed E-state index contributed by atoms with van der Waals surface area (Å²) in [6.45, 7) is 0. The molecule has 30 heavy (non-hydrogen) atoms. The van der Waals surface area contributed by atoms with Crippen molar-refractivity contribution in [3.8, 4) is 11.5 Å². The van der Waals surface area contributed by atoms with Gasteiger partial charge in [-0.3, -0.25) is 9.59 Å². The van der Waals surface area contributed by atoms with Crippen LogP contribution >= 0.6 is 22.7 Å². The van der Waals surface area contributed by atoms with Crippen molar-refractivity contribution in [1.29, 1.82) is 0 Å². The molecule has 2 heterocycles. The lowest BCUT2D eigenvalue weighted by molar-refractivity contribution is 0.0987. The van der Waals surface area contributed by atoms with Gasteiger partial charge in [0.05, 0.1) is 36.4 Å². The number of amides is 1. The maximum Gasteiger partial charge on any atom is 0.255 e. The number of Topliss-reactive ketones (excluding diaryl/α,β-unsaturated/α-hetero) is 1. The van der Waals surface area contributed by atoms with Crippen LogP contribution in [0.3, 0.4) is 0 Å². The van der Waals surface area contributed by atoms with Gasteiger partial charge in [-0.05, 0) is 36.4 Å². The van der Waals surface area contributed by atoms with Crippen LogP contribution in [0.15, 0.2) is 47.3 Å². The molecule has 1 amide bonds. The van der Waals surface area contributed by atoms with Gasteiger partial charge in [0.1, 0.15) is 10.7 Å². The van der Waals surface area contributed by atoms with Crippen molar-refractivity contribution in [3.05, 3.63) is 63.6 Å². The summed E-state index contributed by atoms with van der Waals surface area (Å²) < 4.78 is 11.3. The summed E-state index contributed by atoms with van der Waals surface area (Å²) >= 11 is 2.82. The molecule has 2 aromatic heterocycles. The first kappa shape index (κ1) is 20.0. The maximum atomic E-state index is 12.6. The van der Waals surface area contributed by atoms with Gasteiger partial charge in [0, 0.05) is 16.6 Å². The SMILES string of the molecule is COc1ccc(C(=O)Nc2ccc3nc(CC(=O)c4cscn4)sc3c2)cc1OC. The van der Waals surface area contributed by atoms with Crippen LogP contribution in [-0.4, -0.2) is 35.9 Å². The van der Waals surface area contributed by atoms with E-state index in [1.54, 1.807) is 42.3 Å². The summed E-state index contributed by atoms with van der Waals surface area (Å²) in [6.07, 6.45) is 0.205. The van der Waals surface area contributed by atoms with E-state index >= 15 is 0 Å². The molecule has 0 saturated heterocycles. The first-order valence-corrected chi connectivity index (χ1v) is 10.7. The van der Waals surface area contributed by atoms with Crippen molar-refractivity contribution in [1.82, 2.24) is 9.97 Å². The van der Waals surface area contributed by atoms with Crippen molar-refractivity contribution in [2.45, 2.75) is 6.42 Å². The highest BCUT2D eigenvalue weighted by Gasteiger charge is 2.14. The van der Waals surface area contributed by atoms with Gasteiger partial charge in [0.15, 0.2) is 17.3 Å². The third kappa shape index (κ3) is 4.17. The zero-order valence-electron chi connectivity index (χ0n) is 16.2. The van der Waals surface area contributed by atoms with Crippen molar-refractivity contribution >= 4 is 50.3 Å². The number of fused-ring (bicyclic) bond motifs is 1. The summed E-state index contributed by atoms with van der Waals surface area (Å²) in [4.78, 5) is 33.4. The molecule has 4 aromatic rings. The summed E-state index contributed by atoms with van der Waals surface area (Å²) in [7, 11) is 3.06. The highest BCUT2D eigenvalue weighted by molar-refractivity contribution is 7.18. The first-order valence-electron chi connectivity index (χ1n) is 8.91. The van der Waals surface area contributed by atoms with E-state index in [-0.39, 0.29) is 18.1 Å². The number of nitrogens with zero attached hydrogens (tertiary/aromatic N) is 2. The molecule has 0 aliphatic heterocycles. The number of nitrogens with one attached hydrogen (secondary N) is 1. The van der Waals surface area contributed by atoms with Crippen LogP contribution in [-0.2, 0) is 6.42 Å². The Hall–Kier alpha value is -3.30. The van der Waals surface area contributed by atoms with Crippen LogP contribution in [0.1, 0.15) is 25.9 Å². The molecule has 0 radical (unpaired) electrons. The number of carbonyl (C=O) groups excluding carboxylic acids is 2. The Kier molecular flexibility index (Phi) is 5.73. The molecule has 2 aromatic carbocycles. The highest BCUT2D eigenvalue weighted by Crippen LogP contribution is 2.29. The number of methoxy groups -OCH3 is 2. The molecule has 0 saturated carbocycles. The molecular weight excluding hydrogens is 422 g/mol. The van der Waals surface area contributed by atoms with Gasteiger partial charge in [-0.25, -0.2) is 9.97 Å². The smallest absolute Gasteiger partial charge is 0.255 e. The van der Waals surface area contributed by atoms with Gasteiger partial charge in [-0.15, -0.1) is 22.7 Å². The lowest BCUT2D eigenvalue weighted by Gasteiger charge is -2.10. The summed E-state index contributed by atoms with van der Waals surface area (Å²) in [5.41, 5.74) is 3.97. The standard InChI is InChI=1S/C21H17N3O4S2/c1-27-17-6-3-12(7-18(17)28-2)21(26)23-13-4-5-14-19(8-13)30-20(24-14)9-16(25)15-10-29-11-22-15/h3-8,10-11H,9H2,1-2H3,(H,23,26). The van der Waals surface area contributed by atoms with Crippen LogP contribution in [0.5, 0.6) is 11.5 Å². The Labute approximate surface area is 180 Å². The summed E-state index contributed by atoms with van der Waals surface area (Å²) in [5.74, 6) is 0.716. The fraction of sp³-hybridized carbons (Fsp3) is 0.143. The largest absolute Gasteiger partial charge is 0.493 e. The molecule has 7 nitrogen and oxygen atoms in total. The number of hydrogen-bond donors (Lipinski definition) is 1. The van der Waals surface area contributed by atoms with Crippen molar-refractivity contribution in [2.75, 3.05) is 19.5 Å². The van der Waals surface area contributed by atoms with Crippen molar-refractivity contribution < 1.29 is 19.1 Å². The number of aromatic nitrogens is 2. The predicted octanol–water partition coefficient (Wildman–Crippen LogP) is 4.45. The molecule has 9 heteroatoms. The van der Waals surface area contributed by atoms with Gasteiger partial charge in [0.2, 0.25) is 0 Å². The number of carbonyl (C=O) groups is 2. The molecule has 152 valence electrons. The highest BCUT2D eigenvalue weighted by atomic mass is 32.1. The van der Waals surface area contributed by atoms with Crippen LogP contribution in [0.25, 0.3) is 10.2 Å². The molecule has 4 rings (SSSR count). The molecule has 0 unspecified atom stereocenters. The van der Waals surface area contributed by atoms with Gasteiger partial charge in [0.25, 0.3) is 5.91 Å². The number of ether oxygens (including phenoxy) is 2. The van der Waals surface area contributed by atoms with E-state index in [0.717, 1.165) is 10.2 Å². The third-order valence-electron chi connectivity index (χ3n) is 4.37. The van der Waals surface area contributed by atoms with E-state index in [2.05, 4.69) is 15.3 Å². The van der Waals surface area contributed by atoms with Gasteiger partial charge >= 0.3 is 0 Å².